The van der Waals surface area contributed by atoms with E-state index in [1.165, 1.54) is 11.1 Å². The van der Waals surface area contributed by atoms with Gasteiger partial charge in [-0.25, -0.2) is 0 Å². The minimum atomic E-state index is 0.338. The van der Waals surface area contributed by atoms with Crippen LogP contribution in [0.3, 0.4) is 0 Å². The summed E-state index contributed by atoms with van der Waals surface area (Å²) in [6.45, 7) is 0.917. The molecule has 1 atom stereocenters. The number of carbonyl (C=O) groups excluding carboxylic acids is 1. The smallest absolute Gasteiger partial charge is 0.223 e. The largest absolute Gasteiger partial charge is 0.335 e. The highest BCUT2D eigenvalue weighted by Crippen LogP contribution is 2.37. The van der Waals surface area contributed by atoms with Crippen LogP contribution in [-0.2, 0) is 11.2 Å². The zero-order valence-electron chi connectivity index (χ0n) is 8.07. The monoisotopic (exact) mass is 187 g/mol. The lowest BCUT2D eigenvalue weighted by Crippen LogP contribution is -2.33. The van der Waals surface area contributed by atoms with Gasteiger partial charge >= 0.3 is 0 Å². The van der Waals surface area contributed by atoms with Crippen molar-refractivity contribution in [1.82, 2.24) is 4.90 Å². The molecule has 0 saturated carbocycles. The Morgan fingerprint density at radius 1 is 1.21 bits per heavy atom. The van der Waals surface area contributed by atoms with Crippen molar-refractivity contribution >= 4 is 5.91 Å². The second-order valence-electron chi connectivity index (χ2n) is 4.09. The van der Waals surface area contributed by atoms with Crippen LogP contribution in [0.15, 0.2) is 24.3 Å². The number of carbonyl (C=O) groups is 1. The first-order chi connectivity index (χ1) is 6.86. The maximum absolute atomic E-state index is 11.5. The molecular weight excluding hydrogens is 174 g/mol. The summed E-state index contributed by atoms with van der Waals surface area (Å²) in [4.78, 5) is 13.6. The van der Waals surface area contributed by atoms with Crippen LogP contribution < -0.4 is 0 Å². The Morgan fingerprint density at radius 3 is 3.00 bits per heavy atom. The number of benzene rings is 1. The van der Waals surface area contributed by atoms with E-state index in [0.717, 1.165) is 25.8 Å². The maximum atomic E-state index is 11.5. The Balaban J connectivity index is 2.07. The molecule has 3 rings (SSSR count). The van der Waals surface area contributed by atoms with E-state index in [1.54, 1.807) is 0 Å². The maximum Gasteiger partial charge on any atom is 0.223 e. The van der Waals surface area contributed by atoms with Gasteiger partial charge in [-0.05, 0) is 24.0 Å². The molecule has 0 N–H and O–H groups in total. The van der Waals surface area contributed by atoms with Gasteiger partial charge in [0.25, 0.3) is 0 Å². The molecule has 1 amide bonds. The highest BCUT2D eigenvalue weighted by molar-refractivity contribution is 5.79. The first-order valence-electron chi connectivity index (χ1n) is 5.23. The number of hydrogen-bond acceptors (Lipinski definition) is 1. The summed E-state index contributed by atoms with van der Waals surface area (Å²) >= 11 is 0. The van der Waals surface area contributed by atoms with E-state index >= 15 is 0 Å². The van der Waals surface area contributed by atoms with Crippen LogP contribution in [0.5, 0.6) is 0 Å². The van der Waals surface area contributed by atoms with E-state index in [0.29, 0.717) is 11.9 Å². The van der Waals surface area contributed by atoms with E-state index in [-0.39, 0.29) is 0 Å². The molecular formula is C12H13NO. The molecule has 2 nitrogen and oxygen atoms in total. The fraction of sp³-hybridized carbons (Fsp3) is 0.417. The Hall–Kier alpha value is -1.31. The van der Waals surface area contributed by atoms with Gasteiger partial charge in [-0.3, -0.25) is 4.79 Å². The topological polar surface area (TPSA) is 20.3 Å². The van der Waals surface area contributed by atoms with E-state index in [1.807, 2.05) is 4.90 Å². The van der Waals surface area contributed by atoms with Crippen LogP contribution in [-0.4, -0.2) is 17.4 Å². The summed E-state index contributed by atoms with van der Waals surface area (Å²) < 4.78 is 0. The molecule has 2 aliphatic heterocycles. The van der Waals surface area contributed by atoms with Gasteiger partial charge in [-0.15, -0.1) is 0 Å². The average Bonchev–Trinajstić information content (AvgIpc) is 2.61. The summed E-state index contributed by atoms with van der Waals surface area (Å²) in [6, 6.07) is 8.91. The van der Waals surface area contributed by atoms with E-state index in [9.17, 15) is 4.79 Å². The van der Waals surface area contributed by atoms with Crippen molar-refractivity contribution in [3.63, 3.8) is 0 Å². The molecule has 2 heteroatoms. The Bertz CT molecular complexity index is 386. The minimum Gasteiger partial charge on any atom is -0.335 e. The average molecular weight is 187 g/mol. The Morgan fingerprint density at radius 2 is 2.07 bits per heavy atom. The van der Waals surface area contributed by atoms with Crippen molar-refractivity contribution in [2.24, 2.45) is 0 Å². The normalized spacial score (nSPS) is 24.7. The molecule has 0 radical (unpaired) electrons. The second-order valence-corrected chi connectivity index (χ2v) is 4.09. The first kappa shape index (κ1) is 8.04. The number of amides is 1. The van der Waals surface area contributed by atoms with Crippen LogP contribution in [0.4, 0.5) is 0 Å². The molecule has 0 bridgehead atoms. The van der Waals surface area contributed by atoms with Gasteiger partial charge in [0.05, 0.1) is 6.04 Å². The number of hydrogen-bond donors (Lipinski definition) is 0. The lowest BCUT2D eigenvalue weighted by molar-refractivity contribution is -0.129. The predicted molar refractivity (Wildman–Crippen MR) is 53.8 cm³/mol. The van der Waals surface area contributed by atoms with Gasteiger partial charge in [0.1, 0.15) is 0 Å². The standard InChI is InChI=1S/C12H13NO/c14-12-6-5-11-10-4-2-1-3-9(10)7-8-13(11)12/h1-4,11H,5-8H2/t11-/m0/s1. The summed E-state index contributed by atoms with van der Waals surface area (Å²) in [5.74, 6) is 0.338. The number of rotatable bonds is 0. The third kappa shape index (κ3) is 0.999. The van der Waals surface area contributed by atoms with E-state index in [2.05, 4.69) is 24.3 Å². The van der Waals surface area contributed by atoms with Crippen molar-refractivity contribution in [2.75, 3.05) is 6.54 Å². The van der Waals surface area contributed by atoms with Gasteiger partial charge in [0.15, 0.2) is 0 Å². The lowest BCUT2D eigenvalue weighted by Gasteiger charge is -2.31. The fourth-order valence-electron chi connectivity index (χ4n) is 2.67. The van der Waals surface area contributed by atoms with Gasteiger partial charge in [0, 0.05) is 13.0 Å². The van der Waals surface area contributed by atoms with Crippen LogP contribution in [0.25, 0.3) is 0 Å². The van der Waals surface area contributed by atoms with E-state index in [4.69, 9.17) is 0 Å². The van der Waals surface area contributed by atoms with Crippen molar-refractivity contribution in [3.8, 4) is 0 Å². The molecule has 2 aliphatic rings. The van der Waals surface area contributed by atoms with Crippen LogP contribution in [0, 0.1) is 0 Å². The predicted octanol–water partition coefficient (Wildman–Crippen LogP) is 1.91. The van der Waals surface area contributed by atoms with Crippen molar-refractivity contribution in [3.05, 3.63) is 35.4 Å². The summed E-state index contributed by atoms with van der Waals surface area (Å²) in [5.41, 5.74) is 2.81. The highest BCUT2D eigenvalue weighted by atomic mass is 16.2. The molecule has 14 heavy (non-hydrogen) atoms. The third-order valence-corrected chi connectivity index (χ3v) is 3.36. The summed E-state index contributed by atoms with van der Waals surface area (Å²) in [6.07, 6.45) is 2.77. The summed E-state index contributed by atoms with van der Waals surface area (Å²) in [7, 11) is 0. The highest BCUT2D eigenvalue weighted by Gasteiger charge is 2.35. The fourth-order valence-corrected chi connectivity index (χ4v) is 2.67. The molecule has 1 fully saturated rings. The zero-order chi connectivity index (χ0) is 9.54. The summed E-state index contributed by atoms with van der Waals surface area (Å²) in [5, 5.41) is 0. The molecule has 1 aromatic rings. The van der Waals surface area contributed by atoms with Crippen molar-refractivity contribution < 1.29 is 4.79 Å². The van der Waals surface area contributed by atoms with Crippen molar-refractivity contribution in [2.45, 2.75) is 25.3 Å². The van der Waals surface area contributed by atoms with Crippen molar-refractivity contribution in [1.29, 1.82) is 0 Å². The van der Waals surface area contributed by atoms with Gasteiger partial charge in [0.2, 0.25) is 5.91 Å². The Kier molecular flexibility index (Phi) is 1.63. The molecule has 0 unspecified atom stereocenters. The Labute approximate surface area is 83.5 Å². The zero-order valence-corrected chi connectivity index (χ0v) is 8.07. The molecule has 0 spiro atoms. The molecule has 1 saturated heterocycles. The molecule has 0 aliphatic carbocycles. The first-order valence-corrected chi connectivity index (χ1v) is 5.23. The third-order valence-electron chi connectivity index (χ3n) is 3.36. The van der Waals surface area contributed by atoms with E-state index < -0.39 is 0 Å². The molecule has 0 aromatic heterocycles. The van der Waals surface area contributed by atoms with Gasteiger partial charge in [-0.1, -0.05) is 24.3 Å². The van der Waals surface area contributed by atoms with Gasteiger partial charge < -0.3 is 4.90 Å². The molecule has 72 valence electrons. The van der Waals surface area contributed by atoms with Crippen LogP contribution in [0.1, 0.15) is 30.0 Å². The number of nitrogens with zero attached hydrogens (tertiary/aromatic N) is 1. The van der Waals surface area contributed by atoms with Crippen LogP contribution in [0.2, 0.25) is 0 Å². The second kappa shape index (κ2) is 2.84. The molecule has 2 heterocycles. The minimum absolute atomic E-state index is 0.338. The quantitative estimate of drug-likeness (QED) is 0.607. The van der Waals surface area contributed by atoms with Crippen LogP contribution >= 0.6 is 0 Å². The van der Waals surface area contributed by atoms with Gasteiger partial charge in [-0.2, -0.15) is 0 Å². The lowest BCUT2D eigenvalue weighted by atomic mass is 9.93. The SMILES string of the molecule is O=C1CC[C@H]2c3ccccc3CCN12. The number of fused-ring (bicyclic) bond motifs is 3. The molecule has 1 aromatic carbocycles.